The molecule has 8 nitrogen and oxygen atoms in total. The molecule has 2 unspecified atom stereocenters. The van der Waals surface area contributed by atoms with Gasteiger partial charge in [-0.05, 0) is 52.1 Å². The second kappa shape index (κ2) is 42.2. The Balaban J connectivity index is 4.66. The van der Waals surface area contributed by atoms with E-state index in [9.17, 15) is 9.59 Å². The van der Waals surface area contributed by atoms with Crippen LogP contribution in [0.25, 0.3) is 0 Å². The van der Waals surface area contributed by atoms with E-state index in [0.29, 0.717) is 38.6 Å². The largest absolute Gasteiger partial charge is 0.508 e. The summed E-state index contributed by atoms with van der Waals surface area (Å²) in [5.74, 6) is 0.589. The Morgan fingerprint density at radius 3 is 1.51 bits per heavy atom. The van der Waals surface area contributed by atoms with Gasteiger partial charge in [-0.25, -0.2) is 4.79 Å². The highest BCUT2D eigenvalue weighted by molar-refractivity contribution is 5.69. The Labute approximate surface area is 341 Å². The number of esters is 1. The molecule has 0 aromatic rings. The summed E-state index contributed by atoms with van der Waals surface area (Å²) >= 11 is 0. The van der Waals surface area contributed by atoms with Crippen LogP contribution in [0.2, 0.25) is 0 Å². The zero-order chi connectivity index (χ0) is 40.5. The highest BCUT2D eigenvalue weighted by Gasteiger charge is 2.20. The lowest BCUT2D eigenvalue weighted by atomic mass is 9.91. The van der Waals surface area contributed by atoms with Crippen molar-refractivity contribution < 1.29 is 33.3 Å². The van der Waals surface area contributed by atoms with Crippen LogP contribution in [-0.4, -0.2) is 77.0 Å². The van der Waals surface area contributed by atoms with Crippen LogP contribution in [0.3, 0.4) is 0 Å². The Kier molecular flexibility index (Phi) is 41.2. The van der Waals surface area contributed by atoms with Gasteiger partial charge in [0.05, 0.1) is 19.8 Å². The number of ether oxygens (including phenoxy) is 5. The van der Waals surface area contributed by atoms with Crippen molar-refractivity contribution in [1.82, 2.24) is 4.90 Å². The fourth-order valence-electron chi connectivity index (χ4n) is 7.28. The van der Waals surface area contributed by atoms with Crippen LogP contribution in [0.15, 0.2) is 0 Å². The van der Waals surface area contributed by atoms with Gasteiger partial charge in [0, 0.05) is 32.9 Å². The second-order valence-corrected chi connectivity index (χ2v) is 16.5. The van der Waals surface area contributed by atoms with Crippen molar-refractivity contribution in [3.8, 4) is 0 Å². The molecule has 0 spiro atoms. The molecule has 0 heterocycles. The third-order valence-electron chi connectivity index (χ3n) is 10.9. The van der Waals surface area contributed by atoms with Gasteiger partial charge in [-0.1, -0.05) is 175 Å². The quantitative estimate of drug-likeness (QED) is 0.0343. The normalized spacial score (nSPS) is 12.7. The molecule has 0 saturated carbocycles. The molecule has 0 aliphatic carbocycles. The minimum atomic E-state index is -0.567. The van der Waals surface area contributed by atoms with E-state index in [4.69, 9.17) is 23.7 Å². The van der Waals surface area contributed by atoms with Crippen LogP contribution >= 0.6 is 0 Å². The fourth-order valence-corrected chi connectivity index (χ4v) is 7.28. The van der Waals surface area contributed by atoms with Gasteiger partial charge in [-0.3, -0.25) is 4.79 Å². The Morgan fingerprint density at radius 1 is 0.509 bits per heavy atom. The van der Waals surface area contributed by atoms with E-state index >= 15 is 0 Å². The molecule has 8 heteroatoms. The Morgan fingerprint density at radius 2 is 0.982 bits per heavy atom. The molecular formula is C47H93NO7. The number of unbranched alkanes of at least 4 members (excludes halogenated alkanes) is 21. The average molecular weight is 784 g/mol. The number of hydrogen-bond donors (Lipinski definition) is 0. The van der Waals surface area contributed by atoms with Crippen molar-refractivity contribution >= 4 is 12.1 Å². The SMILES string of the molecule is CCCCCCCCC(CCCCCCCC)CC(OC)OCCC(CCCCCCCCCCOC(=O)CCCCCCC)OC(=O)OCCCN(C)C. The van der Waals surface area contributed by atoms with E-state index in [1.165, 1.54) is 135 Å². The van der Waals surface area contributed by atoms with Gasteiger partial charge in [-0.2, -0.15) is 0 Å². The maximum atomic E-state index is 12.6. The van der Waals surface area contributed by atoms with Crippen molar-refractivity contribution in [2.75, 3.05) is 47.6 Å². The molecule has 0 amide bonds. The smallest absolute Gasteiger partial charge is 0.466 e. The van der Waals surface area contributed by atoms with E-state index in [2.05, 4.69) is 25.7 Å². The van der Waals surface area contributed by atoms with Crippen molar-refractivity contribution in [3.63, 3.8) is 0 Å². The second-order valence-electron chi connectivity index (χ2n) is 16.5. The number of hydrogen-bond acceptors (Lipinski definition) is 8. The predicted molar refractivity (Wildman–Crippen MR) is 231 cm³/mol. The molecule has 2 atom stereocenters. The number of rotatable bonds is 43. The third kappa shape index (κ3) is 39.2. The zero-order valence-electron chi connectivity index (χ0n) is 37.5. The minimum Gasteiger partial charge on any atom is -0.466 e. The summed E-state index contributed by atoms with van der Waals surface area (Å²) in [6.45, 7) is 9.06. The molecular weight excluding hydrogens is 691 g/mol. The average Bonchev–Trinajstić information content (AvgIpc) is 3.17. The van der Waals surface area contributed by atoms with Crippen LogP contribution in [0.1, 0.15) is 226 Å². The first kappa shape index (κ1) is 53.6. The maximum Gasteiger partial charge on any atom is 0.508 e. The molecule has 0 bridgehead atoms. The van der Waals surface area contributed by atoms with E-state index in [0.717, 1.165) is 64.3 Å². The van der Waals surface area contributed by atoms with Crippen molar-refractivity contribution in [3.05, 3.63) is 0 Å². The number of carbonyl (C=O) groups excluding carboxylic acids is 2. The van der Waals surface area contributed by atoms with Crippen molar-refractivity contribution in [2.24, 2.45) is 5.92 Å². The van der Waals surface area contributed by atoms with Crippen molar-refractivity contribution in [2.45, 2.75) is 239 Å². The first-order chi connectivity index (χ1) is 26.9. The molecule has 328 valence electrons. The van der Waals surface area contributed by atoms with Crippen LogP contribution in [0.5, 0.6) is 0 Å². The Bertz CT molecular complexity index is 794. The fraction of sp³-hybridized carbons (Fsp3) is 0.957. The molecule has 55 heavy (non-hydrogen) atoms. The first-order valence-electron chi connectivity index (χ1n) is 23.6. The zero-order valence-corrected chi connectivity index (χ0v) is 37.5. The molecule has 0 aromatic heterocycles. The summed E-state index contributed by atoms with van der Waals surface area (Å²) in [6.07, 6.45) is 35.9. The summed E-state index contributed by atoms with van der Waals surface area (Å²) in [5, 5.41) is 0. The lowest BCUT2D eigenvalue weighted by Crippen LogP contribution is -2.25. The molecule has 0 N–H and O–H groups in total. The van der Waals surface area contributed by atoms with Crippen LogP contribution < -0.4 is 0 Å². The van der Waals surface area contributed by atoms with Gasteiger partial charge in [0.2, 0.25) is 0 Å². The molecule has 0 rings (SSSR count). The number of methoxy groups -OCH3 is 1. The maximum absolute atomic E-state index is 12.6. The molecule has 0 aromatic carbocycles. The number of nitrogens with zero attached hydrogens (tertiary/aromatic N) is 1. The predicted octanol–water partition coefficient (Wildman–Crippen LogP) is 13.8. The summed E-state index contributed by atoms with van der Waals surface area (Å²) in [7, 11) is 5.80. The highest BCUT2D eigenvalue weighted by atomic mass is 16.7. The van der Waals surface area contributed by atoms with Crippen LogP contribution in [0, 0.1) is 5.92 Å². The van der Waals surface area contributed by atoms with Crippen LogP contribution in [0.4, 0.5) is 4.79 Å². The summed E-state index contributed by atoms with van der Waals surface area (Å²) in [6, 6.07) is 0. The standard InChI is InChI=1S/C47H93NO7/c1-7-10-13-16-23-27-33-43(34-28-24-17-14-11-8-2)42-46(51-6)53-41-37-44(55-47(50)54-40-32-38-48(4)5)35-29-25-20-18-19-21-26-31-39-52-45(49)36-30-22-15-12-9-3/h43-44,46H,7-42H2,1-6H3. The van der Waals surface area contributed by atoms with Gasteiger partial charge in [0.15, 0.2) is 6.29 Å². The third-order valence-corrected chi connectivity index (χ3v) is 10.9. The topological polar surface area (TPSA) is 83.5 Å². The van der Waals surface area contributed by atoms with E-state index in [-0.39, 0.29) is 18.4 Å². The first-order valence-corrected chi connectivity index (χ1v) is 23.6. The minimum absolute atomic E-state index is 0.0345. The Hall–Kier alpha value is -1.38. The number of carbonyl (C=O) groups is 2. The van der Waals surface area contributed by atoms with Gasteiger partial charge in [-0.15, -0.1) is 0 Å². The van der Waals surface area contributed by atoms with Gasteiger partial charge >= 0.3 is 12.1 Å². The van der Waals surface area contributed by atoms with Gasteiger partial charge in [0.25, 0.3) is 0 Å². The monoisotopic (exact) mass is 784 g/mol. The summed E-state index contributed by atoms with van der Waals surface area (Å²) in [5.41, 5.74) is 0. The molecule has 0 radical (unpaired) electrons. The molecule has 0 fully saturated rings. The van der Waals surface area contributed by atoms with Crippen LogP contribution in [-0.2, 0) is 28.5 Å². The lowest BCUT2D eigenvalue weighted by Gasteiger charge is -2.24. The molecule has 0 saturated heterocycles. The summed E-state index contributed by atoms with van der Waals surface area (Å²) < 4.78 is 28.9. The van der Waals surface area contributed by atoms with Gasteiger partial charge < -0.3 is 28.6 Å². The van der Waals surface area contributed by atoms with E-state index in [1.807, 2.05) is 14.1 Å². The lowest BCUT2D eigenvalue weighted by molar-refractivity contribution is -0.144. The molecule has 0 aliphatic heterocycles. The van der Waals surface area contributed by atoms with Gasteiger partial charge in [0.1, 0.15) is 6.10 Å². The van der Waals surface area contributed by atoms with E-state index < -0.39 is 6.16 Å². The van der Waals surface area contributed by atoms with E-state index in [1.54, 1.807) is 7.11 Å². The van der Waals surface area contributed by atoms with Crippen molar-refractivity contribution in [1.29, 1.82) is 0 Å². The highest BCUT2D eigenvalue weighted by Crippen LogP contribution is 2.25. The summed E-state index contributed by atoms with van der Waals surface area (Å²) in [4.78, 5) is 26.6. The molecule has 0 aliphatic rings.